The lowest BCUT2D eigenvalue weighted by molar-refractivity contribution is -0.116. The molecular formula is C17H19N3O3. The van der Waals surface area contributed by atoms with Crippen LogP contribution in [0.25, 0.3) is 0 Å². The summed E-state index contributed by atoms with van der Waals surface area (Å²) in [5, 5.41) is 7.88. The Balaban J connectivity index is 1.75. The molecule has 3 N–H and O–H groups in total. The van der Waals surface area contributed by atoms with Crippen molar-refractivity contribution in [2.24, 2.45) is 0 Å². The lowest BCUT2D eigenvalue weighted by Crippen LogP contribution is -2.24. The van der Waals surface area contributed by atoms with Crippen molar-refractivity contribution in [3.05, 3.63) is 54.6 Å². The number of para-hydroxylation sites is 1. The van der Waals surface area contributed by atoms with Gasteiger partial charge in [0, 0.05) is 18.4 Å². The first-order valence-corrected chi connectivity index (χ1v) is 7.24. The lowest BCUT2D eigenvalue weighted by atomic mass is 10.2. The minimum Gasteiger partial charge on any atom is -0.493 e. The Kier molecular flexibility index (Phi) is 5.99. The zero-order chi connectivity index (χ0) is 16.5. The van der Waals surface area contributed by atoms with E-state index in [0.29, 0.717) is 18.0 Å². The molecule has 0 atom stereocenters. The Morgan fingerprint density at radius 2 is 1.52 bits per heavy atom. The smallest absolute Gasteiger partial charge is 0.318 e. The van der Waals surface area contributed by atoms with Crippen LogP contribution in [0.3, 0.4) is 0 Å². The third-order valence-electron chi connectivity index (χ3n) is 2.99. The molecule has 0 spiro atoms. The highest BCUT2D eigenvalue weighted by atomic mass is 16.5. The summed E-state index contributed by atoms with van der Waals surface area (Å²) in [6, 6.07) is 15.9. The van der Waals surface area contributed by atoms with Gasteiger partial charge in [-0.15, -0.1) is 0 Å². The van der Waals surface area contributed by atoms with E-state index in [-0.39, 0.29) is 18.4 Å². The number of ether oxygens (including phenoxy) is 1. The molecule has 2 aromatic rings. The van der Waals surface area contributed by atoms with E-state index < -0.39 is 0 Å². The molecule has 0 aliphatic rings. The first-order valence-electron chi connectivity index (χ1n) is 7.24. The van der Waals surface area contributed by atoms with E-state index in [1.807, 2.05) is 30.3 Å². The Morgan fingerprint density at radius 1 is 0.913 bits per heavy atom. The van der Waals surface area contributed by atoms with E-state index in [1.165, 1.54) is 0 Å². The Labute approximate surface area is 134 Å². The van der Waals surface area contributed by atoms with Crippen molar-refractivity contribution in [1.82, 2.24) is 5.32 Å². The second-order valence-corrected chi connectivity index (χ2v) is 4.74. The molecule has 0 saturated carbocycles. The van der Waals surface area contributed by atoms with Gasteiger partial charge in [0.2, 0.25) is 5.91 Å². The number of carbonyl (C=O) groups is 2. The Bertz CT molecular complexity index is 642. The summed E-state index contributed by atoms with van der Waals surface area (Å²) in [5.41, 5.74) is 1.31. The predicted octanol–water partition coefficient (Wildman–Crippen LogP) is 2.85. The number of hydrogen-bond donors (Lipinski definition) is 3. The molecule has 0 unspecified atom stereocenters. The summed E-state index contributed by atoms with van der Waals surface area (Å²) >= 11 is 0. The van der Waals surface area contributed by atoms with E-state index in [0.717, 1.165) is 5.75 Å². The molecule has 2 rings (SSSR count). The summed E-state index contributed by atoms with van der Waals surface area (Å²) < 4.78 is 5.47. The third kappa shape index (κ3) is 5.70. The number of nitrogens with one attached hydrogen (secondary N) is 3. The largest absolute Gasteiger partial charge is 0.493 e. The highest BCUT2D eigenvalue weighted by Crippen LogP contribution is 2.14. The van der Waals surface area contributed by atoms with Crippen molar-refractivity contribution in [2.75, 3.05) is 24.3 Å². The zero-order valence-electron chi connectivity index (χ0n) is 12.8. The van der Waals surface area contributed by atoms with Crippen LogP contribution in [0.1, 0.15) is 6.42 Å². The molecule has 0 aliphatic carbocycles. The maximum Gasteiger partial charge on any atom is 0.318 e. The van der Waals surface area contributed by atoms with Gasteiger partial charge in [0.15, 0.2) is 0 Å². The van der Waals surface area contributed by atoms with E-state index in [4.69, 9.17) is 4.74 Å². The van der Waals surface area contributed by atoms with Crippen molar-refractivity contribution in [3.63, 3.8) is 0 Å². The predicted molar refractivity (Wildman–Crippen MR) is 89.7 cm³/mol. The second-order valence-electron chi connectivity index (χ2n) is 4.74. The maximum atomic E-state index is 11.8. The SMILES string of the molecule is CNC(=O)Nc1ccc(NC(=O)CCOc2ccccc2)cc1. The molecule has 6 heteroatoms. The average molecular weight is 313 g/mol. The van der Waals surface area contributed by atoms with Gasteiger partial charge in [-0.25, -0.2) is 4.79 Å². The summed E-state index contributed by atoms with van der Waals surface area (Å²) in [6.45, 7) is 0.312. The molecular weight excluding hydrogens is 294 g/mol. The van der Waals surface area contributed by atoms with E-state index in [2.05, 4.69) is 16.0 Å². The first kappa shape index (κ1) is 16.4. The molecule has 0 aliphatic heterocycles. The number of benzene rings is 2. The van der Waals surface area contributed by atoms with Crippen molar-refractivity contribution < 1.29 is 14.3 Å². The fraction of sp³-hybridized carbons (Fsp3) is 0.176. The zero-order valence-corrected chi connectivity index (χ0v) is 12.8. The van der Waals surface area contributed by atoms with Crippen LogP contribution >= 0.6 is 0 Å². The van der Waals surface area contributed by atoms with Crippen molar-refractivity contribution in [2.45, 2.75) is 6.42 Å². The van der Waals surface area contributed by atoms with Gasteiger partial charge in [-0.1, -0.05) is 18.2 Å². The molecule has 0 radical (unpaired) electrons. The molecule has 23 heavy (non-hydrogen) atoms. The van der Waals surface area contributed by atoms with Gasteiger partial charge in [0.05, 0.1) is 13.0 Å². The normalized spacial score (nSPS) is 9.78. The van der Waals surface area contributed by atoms with Crippen LogP contribution < -0.4 is 20.7 Å². The molecule has 3 amide bonds. The molecule has 0 saturated heterocycles. The maximum absolute atomic E-state index is 11.8. The molecule has 2 aromatic carbocycles. The van der Waals surface area contributed by atoms with Gasteiger partial charge in [0.25, 0.3) is 0 Å². The van der Waals surface area contributed by atoms with Gasteiger partial charge < -0.3 is 20.7 Å². The number of urea groups is 1. The van der Waals surface area contributed by atoms with Crippen LogP contribution in [0.15, 0.2) is 54.6 Å². The Morgan fingerprint density at radius 3 is 2.13 bits per heavy atom. The average Bonchev–Trinajstić information content (AvgIpc) is 2.57. The highest BCUT2D eigenvalue weighted by Gasteiger charge is 2.04. The van der Waals surface area contributed by atoms with Gasteiger partial charge in [-0.05, 0) is 36.4 Å². The summed E-state index contributed by atoms with van der Waals surface area (Å²) in [7, 11) is 1.54. The minimum absolute atomic E-state index is 0.132. The topological polar surface area (TPSA) is 79.5 Å². The summed E-state index contributed by atoms with van der Waals surface area (Å²) in [6.07, 6.45) is 0.257. The second kappa shape index (κ2) is 8.43. The van der Waals surface area contributed by atoms with Gasteiger partial charge >= 0.3 is 6.03 Å². The standard InChI is InChI=1S/C17H19N3O3/c1-18-17(22)20-14-9-7-13(8-10-14)19-16(21)11-12-23-15-5-3-2-4-6-15/h2-10H,11-12H2,1H3,(H,19,21)(H2,18,20,22). The van der Waals surface area contributed by atoms with Crippen LogP contribution in [-0.4, -0.2) is 25.6 Å². The van der Waals surface area contributed by atoms with Crippen molar-refractivity contribution in [3.8, 4) is 5.75 Å². The fourth-order valence-corrected chi connectivity index (χ4v) is 1.83. The quantitative estimate of drug-likeness (QED) is 0.767. The number of anilines is 2. The molecule has 120 valence electrons. The minimum atomic E-state index is -0.292. The lowest BCUT2D eigenvalue weighted by Gasteiger charge is -2.08. The van der Waals surface area contributed by atoms with Gasteiger partial charge in [-0.2, -0.15) is 0 Å². The first-order chi connectivity index (χ1) is 11.2. The van der Waals surface area contributed by atoms with Crippen molar-refractivity contribution >= 4 is 23.3 Å². The monoisotopic (exact) mass is 313 g/mol. The van der Waals surface area contributed by atoms with Gasteiger partial charge in [0.1, 0.15) is 5.75 Å². The van der Waals surface area contributed by atoms with Crippen LogP contribution in [0, 0.1) is 0 Å². The highest BCUT2D eigenvalue weighted by molar-refractivity contribution is 5.92. The number of amides is 3. The molecule has 0 bridgehead atoms. The summed E-state index contributed by atoms with van der Waals surface area (Å²) in [4.78, 5) is 23.0. The molecule has 0 aromatic heterocycles. The molecule has 0 fully saturated rings. The summed E-state index contributed by atoms with van der Waals surface area (Å²) in [5.74, 6) is 0.609. The number of rotatable bonds is 6. The van der Waals surface area contributed by atoms with Crippen LogP contribution in [-0.2, 0) is 4.79 Å². The van der Waals surface area contributed by atoms with E-state index >= 15 is 0 Å². The number of carbonyl (C=O) groups excluding carboxylic acids is 2. The molecule has 0 heterocycles. The van der Waals surface area contributed by atoms with E-state index in [9.17, 15) is 9.59 Å². The van der Waals surface area contributed by atoms with Crippen molar-refractivity contribution in [1.29, 1.82) is 0 Å². The van der Waals surface area contributed by atoms with Crippen LogP contribution in [0.5, 0.6) is 5.75 Å². The Hall–Kier alpha value is -3.02. The van der Waals surface area contributed by atoms with Gasteiger partial charge in [-0.3, -0.25) is 4.79 Å². The third-order valence-corrected chi connectivity index (χ3v) is 2.99. The fourth-order valence-electron chi connectivity index (χ4n) is 1.83. The van der Waals surface area contributed by atoms with Crippen LogP contribution in [0.2, 0.25) is 0 Å². The van der Waals surface area contributed by atoms with E-state index in [1.54, 1.807) is 31.3 Å². The number of hydrogen-bond acceptors (Lipinski definition) is 3. The molecule has 6 nitrogen and oxygen atoms in total. The van der Waals surface area contributed by atoms with Crippen LogP contribution in [0.4, 0.5) is 16.2 Å².